The molecule has 8 heteroatoms. The summed E-state index contributed by atoms with van der Waals surface area (Å²) in [6, 6.07) is 16.9. The molecular formula is C23H22N4O4. The van der Waals surface area contributed by atoms with Crippen molar-refractivity contribution in [2.24, 2.45) is 12.1 Å². The van der Waals surface area contributed by atoms with Crippen molar-refractivity contribution in [2.45, 2.75) is 12.5 Å². The molecule has 1 atom stereocenters. The first kappa shape index (κ1) is 20.3. The van der Waals surface area contributed by atoms with Crippen LogP contribution in [-0.2, 0) is 16.6 Å². The first-order valence-corrected chi connectivity index (χ1v) is 9.80. The summed E-state index contributed by atoms with van der Waals surface area (Å²) in [6.07, 6.45) is 3.49. The van der Waals surface area contributed by atoms with E-state index in [0.29, 0.717) is 6.42 Å². The first-order valence-electron chi connectivity index (χ1n) is 9.80. The SMILES string of the molecule is COc1ccc(C2CC(c3ccccc3)=NN2C(=O)COC(=O)c2cnn(C)c2)cc1. The van der Waals surface area contributed by atoms with Crippen LogP contribution in [0.2, 0.25) is 0 Å². The maximum absolute atomic E-state index is 13.0. The number of methoxy groups -OCH3 is 1. The Bertz CT molecular complexity index is 1110. The molecule has 0 bridgehead atoms. The average molecular weight is 418 g/mol. The van der Waals surface area contributed by atoms with Crippen LogP contribution < -0.4 is 4.74 Å². The number of amides is 1. The second-order valence-electron chi connectivity index (χ2n) is 7.12. The van der Waals surface area contributed by atoms with Gasteiger partial charge >= 0.3 is 5.97 Å². The summed E-state index contributed by atoms with van der Waals surface area (Å²) in [5, 5.41) is 9.92. The second-order valence-corrected chi connectivity index (χ2v) is 7.12. The average Bonchev–Trinajstić information content (AvgIpc) is 3.45. The third-order valence-electron chi connectivity index (χ3n) is 5.04. The summed E-state index contributed by atoms with van der Waals surface area (Å²) < 4.78 is 11.9. The highest BCUT2D eigenvalue weighted by Crippen LogP contribution is 2.33. The van der Waals surface area contributed by atoms with Gasteiger partial charge in [0.15, 0.2) is 6.61 Å². The van der Waals surface area contributed by atoms with E-state index in [4.69, 9.17) is 9.47 Å². The van der Waals surface area contributed by atoms with Gasteiger partial charge in [0.2, 0.25) is 0 Å². The lowest BCUT2D eigenvalue weighted by molar-refractivity contribution is -0.136. The minimum absolute atomic E-state index is 0.289. The predicted molar refractivity (Wildman–Crippen MR) is 114 cm³/mol. The number of hydrogen-bond donors (Lipinski definition) is 0. The number of benzene rings is 2. The van der Waals surface area contributed by atoms with Crippen LogP contribution in [0.3, 0.4) is 0 Å². The first-order chi connectivity index (χ1) is 15.0. The maximum atomic E-state index is 13.0. The van der Waals surface area contributed by atoms with Gasteiger partial charge in [-0.05, 0) is 23.3 Å². The fourth-order valence-electron chi connectivity index (χ4n) is 3.43. The molecule has 158 valence electrons. The van der Waals surface area contributed by atoms with E-state index >= 15 is 0 Å². The van der Waals surface area contributed by atoms with Crippen molar-refractivity contribution >= 4 is 17.6 Å². The largest absolute Gasteiger partial charge is 0.497 e. The van der Waals surface area contributed by atoms with E-state index in [-0.39, 0.29) is 11.6 Å². The highest BCUT2D eigenvalue weighted by atomic mass is 16.5. The normalized spacial score (nSPS) is 15.5. The lowest BCUT2D eigenvalue weighted by Crippen LogP contribution is -2.31. The summed E-state index contributed by atoms with van der Waals surface area (Å²) in [5.74, 6) is -0.271. The third kappa shape index (κ3) is 4.48. The Morgan fingerprint density at radius 3 is 2.48 bits per heavy atom. The molecule has 1 unspecified atom stereocenters. The molecule has 3 aromatic rings. The molecule has 0 aliphatic carbocycles. The van der Waals surface area contributed by atoms with Gasteiger partial charge in [0.05, 0.1) is 30.6 Å². The highest BCUT2D eigenvalue weighted by Gasteiger charge is 2.33. The van der Waals surface area contributed by atoms with Crippen molar-refractivity contribution in [3.05, 3.63) is 83.7 Å². The number of aryl methyl sites for hydroxylation is 1. The molecular weight excluding hydrogens is 396 g/mol. The van der Waals surface area contributed by atoms with Crippen LogP contribution >= 0.6 is 0 Å². The van der Waals surface area contributed by atoms with E-state index in [9.17, 15) is 9.59 Å². The number of hydrazone groups is 1. The Hall–Kier alpha value is -3.94. The van der Waals surface area contributed by atoms with Gasteiger partial charge in [-0.3, -0.25) is 9.48 Å². The molecule has 8 nitrogen and oxygen atoms in total. The second kappa shape index (κ2) is 8.83. The van der Waals surface area contributed by atoms with Gasteiger partial charge in [0, 0.05) is 19.7 Å². The zero-order valence-electron chi connectivity index (χ0n) is 17.3. The van der Waals surface area contributed by atoms with Gasteiger partial charge in [-0.25, -0.2) is 9.80 Å². The minimum Gasteiger partial charge on any atom is -0.497 e. The zero-order valence-corrected chi connectivity index (χ0v) is 17.3. The number of aromatic nitrogens is 2. The molecule has 0 spiro atoms. The molecule has 0 saturated carbocycles. The minimum atomic E-state index is -0.603. The number of rotatable bonds is 6. The van der Waals surface area contributed by atoms with Crippen LogP contribution in [0.5, 0.6) is 5.75 Å². The molecule has 0 N–H and O–H groups in total. The van der Waals surface area contributed by atoms with E-state index in [1.807, 2.05) is 54.6 Å². The van der Waals surface area contributed by atoms with E-state index in [2.05, 4.69) is 10.2 Å². The summed E-state index contributed by atoms with van der Waals surface area (Å²) >= 11 is 0. The fraction of sp³-hybridized carbons (Fsp3) is 0.217. The zero-order chi connectivity index (χ0) is 21.8. The molecule has 4 rings (SSSR count). The molecule has 1 aromatic heterocycles. The van der Waals surface area contributed by atoms with Crippen LogP contribution in [0.1, 0.15) is 33.9 Å². The lowest BCUT2D eigenvalue weighted by Gasteiger charge is -2.22. The third-order valence-corrected chi connectivity index (χ3v) is 5.04. The molecule has 1 aliphatic heterocycles. The Labute approximate surface area is 179 Å². The van der Waals surface area contributed by atoms with Crippen LogP contribution in [0.15, 0.2) is 72.1 Å². The summed E-state index contributed by atoms with van der Waals surface area (Å²) in [6.45, 7) is -0.411. The highest BCUT2D eigenvalue weighted by molar-refractivity contribution is 6.03. The van der Waals surface area contributed by atoms with Crippen LogP contribution in [0.4, 0.5) is 0 Å². The van der Waals surface area contributed by atoms with Crippen molar-refractivity contribution in [1.82, 2.24) is 14.8 Å². The van der Waals surface area contributed by atoms with Crippen molar-refractivity contribution in [3.63, 3.8) is 0 Å². The summed E-state index contributed by atoms with van der Waals surface area (Å²) in [5.41, 5.74) is 2.95. The number of carbonyl (C=O) groups is 2. The summed E-state index contributed by atoms with van der Waals surface area (Å²) in [7, 11) is 3.30. The molecule has 0 radical (unpaired) electrons. The molecule has 0 saturated heterocycles. The van der Waals surface area contributed by atoms with Gasteiger partial charge in [-0.1, -0.05) is 42.5 Å². The van der Waals surface area contributed by atoms with E-state index < -0.39 is 18.5 Å². The standard InChI is InChI=1S/C23H22N4O4/c1-26-14-18(13-24-26)23(29)31-15-22(28)27-21(17-8-10-19(30-2)11-9-17)12-20(25-27)16-6-4-3-5-7-16/h3-11,13-14,21H,12,15H2,1-2H3. The number of carbonyl (C=O) groups excluding carboxylic acids is 2. The van der Waals surface area contributed by atoms with E-state index in [1.165, 1.54) is 22.1 Å². The Balaban J connectivity index is 1.54. The Morgan fingerprint density at radius 2 is 1.84 bits per heavy atom. The smallest absolute Gasteiger partial charge is 0.341 e. The quantitative estimate of drug-likeness (QED) is 0.575. The molecule has 1 aliphatic rings. The predicted octanol–water partition coefficient (Wildman–Crippen LogP) is 2.96. The van der Waals surface area contributed by atoms with E-state index in [1.54, 1.807) is 14.2 Å². The molecule has 0 fully saturated rings. The topological polar surface area (TPSA) is 86.0 Å². The van der Waals surface area contributed by atoms with Gasteiger partial charge in [-0.2, -0.15) is 10.2 Å². The van der Waals surface area contributed by atoms with Crippen LogP contribution in [0, 0.1) is 0 Å². The fourth-order valence-corrected chi connectivity index (χ4v) is 3.43. The van der Waals surface area contributed by atoms with Crippen molar-refractivity contribution < 1.29 is 19.1 Å². The number of nitrogens with zero attached hydrogens (tertiary/aromatic N) is 4. The lowest BCUT2D eigenvalue weighted by atomic mass is 9.98. The molecule has 2 heterocycles. The summed E-state index contributed by atoms with van der Waals surface area (Å²) in [4.78, 5) is 25.2. The van der Waals surface area contributed by atoms with Crippen molar-refractivity contribution in [1.29, 1.82) is 0 Å². The number of esters is 1. The van der Waals surface area contributed by atoms with Crippen molar-refractivity contribution in [2.75, 3.05) is 13.7 Å². The number of hydrogen-bond acceptors (Lipinski definition) is 6. The van der Waals surface area contributed by atoms with Gasteiger partial charge in [0.1, 0.15) is 5.75 Å². The van der Waals surface area contributed by atoms with Crippen LogP contribution in [-0.4, -0.2) is 46.1 Å². The Morgan fingerprint density at radius 1 is 1.10 bits per heavy atom. The van der Waals surface area contributed by atoms with Gasteiger partial charge < -0.3 is 9.47 Å². The maximum Gasteiger partial charge on any atom is 0.341 e. The molecule has 1 amide bonds. The van der Waals surface area contributed by atoms with Gasteiger partial charge in [0.25, 0.3) is 5.91 Å². The van der Waals surface area contributed by atoms with E-state index in [0.717, 1.165) is 22.6 Å². The monoisotopic (exact) mass is 418 g/mol. The van der Waals surface area contributed by atoms with Gasteiger partial charge in [-0.15, -0.1) is 0 Å². The Kier molecular flexibility index (Phi) is 5.79. The number of ether oxygens (including phenoxy) is 2. The molecule has 31 heavy (non-hydrogen) atoms. The van der Waals surface area contributed by atoms with Crippen molar-refractivity contribution in [3.8, 4) is 5.75 Å². The molecule has 2 aromatic carbocycles. The van der Waals surface area contributed by atoms with Crippen LogP contribution in [0.25, 0.3) is 0 Å².